The summed E-state index contributed by atoms with van der Waals surface area (Å²) in [5, 5.41) is 6.31. The lowest BCUT2D eigenvalue weighted by Crippen LogP contribution is -2.10. The number of anilines is 2. The van der Waals surface area contributed by atoms with Gasteiger partial charge in [-0.3, -0.25) is 4.79 Å². The van der Waals surface area contributed by atoms with Gasteiger partial charge in [-0.2, -0.15) is 0 Å². The molecule has 0 saturated heterocycles. The van der Waals surface area contributed by atoms with Crippen LogP contribution >= 0.6 is 11.8 Å². The first kappa shape index (κ1) is 18.2. The summed E-state index contributed by atoms with van der Waals surface area (Å²) in [5.41, 5.74) is 4.00. The summed E-state index contributed by atoms with van der Waals surface area (Å²) in [5.74, 6) is 1.06. The highest BCUT2D eigenvalue weighted by Gasteiger charge is 2.29. The predicted molar refractivity (Wildman–Crippen MR) is 107 cm³/mol. The highest BCUT2D eigenvalue weighted by atomic mass is 32.2. The van der Waals surface area contributed by atoms with E-state index < -0.39 is 0 Å². The van der Waals surface area contributed by atoms with Gasteiger partial charge in [-0.15, -0.1) is 11.8 Å². The molecular formula is C20H22N2O3S. The van der Waals surface area contributed by atoms with Gasteiger partial charge in [0.2, 0.25) is 0 Å². The van der Waals surface area contributed by atoms with E-state index in [1.54, 1.807) is 32.0 Å². The van der Waals surface area contributed by atoms with Crippen LogP contribution in [0.15, 0.2) is 47.0 Å². The molecule has 0 spiro atoms. The number of rotatable bonds is 6. The van der Waals surface area contributed by atoms with Crippen molar-refractivity contribution < 1.29 is 14.3 Å². The van der Waals surface area contributed by atoms with Crippen LogP contribution in [-0.2, 0) is 4.79 Å². The number of carbonyl (C=O) groups is 1. The van der Waals surface area contributed by atoms with Crippen LogP contribution in [0.3, 0.4) is 0 Å². The SMILES string of the molecule is CCC(Nc1ccc(SC)cc1)=C1C(=O)Nc2cc(OC)c(OC)cc21. The summed E-state index contributed by atoms with van der Waals surface area (Å²) in [6.07, 6.45) is 2.74. The Morgan fingerprint density at radius 1 is 1.12 bits per heavy atom. The number of carbonyl (C=O) groups excluding carboxylic acids is 1. The van der Waals surface area contributed by atoms with Gasteiger partial charge in [-0.1, -0.05) is 6.92 Å². The number of nitrogens with one attached hydrogen (secondary N) is 2. The van der Waals surface area contributed by atoms with Gasteiger partial charge in [0.25, 0.3) is 5.91 Å². The van der Waals surface area contributed by atoms with Crippen molar-refractivity contribution in [2.24, 2.45) is 0 Å². The number of allylic oxidation sites excluding steroid dienone is 1. The summed E-state index contributed by atoms with van der Waals surface area (Å²) >= 11 is 1.70. The Labute approximate surface area is 157 Å². The lowest BCUT2D eigenvalue weighted by atomic mass is 10.0. The van der Waals surface area contributed by atoms with E-state index in [4.69, 9.17) is 9.47 Å². The summed E-state index contributed by atoms with van der Waals surface area (Å²) in [4.78, 5) is 13.8. The normalized spacial score (nSPS) is 14.5. The summed E-state index contributed by atoms with van der Waals surface area (Å²) in [6.45, 7) is 2.03. The van der Waals surface area contributed by atoms with E-state index >= 15 is 0 Å². The Morgan fingerprint density at radius 3 is 2.35 bits per heavy atom. The summed E-state index contributed by atoms with van der Waals surface area (Å²) in [7, 11) is 3.17. The quantitative estimate of drug-likeness (QED) is 0.574. The van der Waals surface area contributed by atoms with Crippen molar-refractivity contribution in [3.8, 4) is 11.5 Å². The molecule has 3 rings (SSSR count). The van der Waals surface area contributed by atoms with Gasteiger partial charge in [0.1, 0.15) is 0 Å². The van der Waals surface area contributed by atoms with Gasteiger partial charge in [-0.05, 0) is 43.0 Å². The van der Waals surface area contributed by atoms with Gasteiger partial charge in [0.05, 0.1) is 25.5 Å². The molecule has 2 N–H and O–H groups in total. The second-order valence-corrected chi connectivity index (χ2v) is 6.65. The zero-order valence-corrected chi connectivity index (χ0v) is 16.1. The molecule has 0 saturated carbocycles. The molecular weight excluding hydrogens is 348 g/mol. The first-order valence-corrected chi connectivity index (χ1v) is 9.55. The molecule has 0 aliphatic carbocycles. The number of hydrogen-bond acceptors (Lipinski definition) is 5. The molecule has 0 fully saturated rings. The minimum Gasteiger partial charge on any atom is -0.493 e. The fourth-order valence-corrected chi connectivity index (χ4v) is 3.38. The molecule has 2 aromatic rings. The predicted octanol–water partition coefficient (Wildman–Crippen LogP) is 4.61. The van der Waals surface area contributed by atoms with Crippen LogP contribution in [0.5, 0.6) is 11.5 Å². The maximum absolute atomic E-state index is 12.6. The van der Waals surface area contributed by atoms with Gasteiger partial charge in [-0.25, -0.2) is 0 Å². The van der Waals surface area contributed by atoms with Crippen molar-refractivity contribution in [3.63, 3.8) is 0 Å². The second kappa shape index (κ2) is 7.74. The minimum absolute atomic E-state index is 0.125. The van der Waals surface area contributed by atoms with E-state index in [-0.39, 0.29) is 5.91 Å². The van der Waals surface area contributed by atoms with Crippen LogP contribution < -0.4 is 20.1 Å². The van der Waals surface area contributed by atoms with E-state index in [9.17, 15) is 4.79 Å². The molecule has 1 aliphatic rings. The van der Waals surface area contributed by atoms with Gasteiger partial charge in [0.15, 0.2) is 11.5 Å². The molecule has 0 bridgehead atoms. The number of amides is 1. The Morgan fingerprint density at radius 2 is 1.77 bits per heavy atom. The Bertz CT molecular complexity index is 860. The molecule has 0 unspecified atom stereocenters. The highest BCUT2D eigenvalue weighted by molar-refractivity contribution is 7.98. The van der Waals surface area contributed by atoms with E-state index in [0.717, 1.165) is 22.6 Å². The molecule has 1 heterocycles. The third-order valence-electron chi connectivity index (χ3n) is 4.31. The highest BCUT2D eigenvalue weighted by Crippen LogP contribution is 2.42. The average molecular weight is 370 g/mol. The molecule has 6 heteroatoms. The number of thioether (sulfide) groups is 1. The zero-order chi connectivity index (χ0) is 18.7. The average Bonchev–Trinajstić information content (AvgIpc) is 3.00. The Hall–Kier alpha value is -2.60. The second-order valence-electron chi connectivity index (χ2n) is 5.77. The molecule has 2 aromatic carbocycles. The van der Waals surface area contributed by atoms with Crippen LogP contribution in [0.4, 0.5) is 11.4 Å². The molecule has 1 amide bonds. The van der Waals surface area contributed by atoms with Crippen LogP contribution in [-0.4, -0.2) is 26.4 Å². The monoisotopic (exact) mass is 370 g/mol. The van der Waals surface area contributed by atoms with Crippen molar-refractivity contribution in [1.29, 1.82) is 0 Å². The molecule has 1 aliphatic heterocycles. The van der Waals surface area contributed by atoms with Crippen LogP contribution in [0, 0.1) is 0 Å². The first-order valence-electron chi connectivity index (χ1n) is 8.33. The van der Waals surface area contributed by atoms with Crippen LogP contribution in [0.2, 0.25) is 0 Å². The largest absolute Gasteiger partial charge is 0.493 e. The van der Waals surface area contributed by atoms with Crippen LogP contribution in [0.25, 0.3) is 5.57 Å². The summed E-state index contributed by atoms with van der Waals surface area (Å²) in [6, 6.07) is 11.8. The maximum Gasteiger partial charge on any atom is 0.258 e. The van der Waals surface area contributed by atoms with Crippen molar-refractivity contribution >= 4 is 34.6 Å². The number of hydrogen-bond donors (Lipinski definition) is 2. The van der Waals surface area contributed by atoms with E-state index in [1.807, 2.05) is 31.4 Å². The topological polar surface area (TPSA) is 59.6 Å². The number of fused-ring (bicyclic) bond motifs is 1. The van der Waals surface area contributed by atoms with Crippen LogP contribution in [0.1, 0.15) is 18.9 Å². The smallest absolute Gasteiger partial charge is 0.258 e. The summed E-state index contributed by atoms with van der Waals surface area (Å²) < 4.78 is 10.7. The third kappa shape index (κ3) is 3.37. The lowest BCUT2D eigenvalue weighted by molar-refractivity contribution is -0.110. The molecule has 136 valence electrons. The minimum atomic E-state index is -0.125. The zero-order valence-electron chi connectivity index (χ0n) is 15.3. The third-order valence-corrected chi connectivity index (χ3v) is 5.05. The van der Waals surface area contributed by atoms with Crippen molar-refractivity contribution in [2.45, 2.75) is 18.2 Å². The van der Waals surface area contributed by atoms with Gasteiger partial charge < -0.3 is 20.1 Å². The Balaban J connectivity index is 2.03. The van der Waals surface area contributed by atoms with E-state index in [2.05, 4.69) is 22.8 Å². The fourth-order valence-electron chi connectivity index (χ4n) is 2.97. The number of benzene rings is 2. The molecule has 5 nitrogen and oxygen atoms in total. The van der Waals surface area contributed by atoms with E-state index in [1.165, 1.54) is 4.90 Å². The van der Waals surface area contributed by atoms with Crippen molar-refractivity contribution in [1.82, 2.24) is 0 Å². The van der Waals surface area contributed by atoms with E-state index in [0.29, 0.717) is 23.5 Å². The molecule has 0 aromatic heterocycles. The first-order chi connectivity index (χ1) is 12.6. The van der Waals surface area contributed by atoms with Crippen molar-refractivity contribution in [3.05, 3.63) is 47.7 Å². The molecule has 26 heavy (non-hydrogen) atoms. The number of ether oxygens (including phenoxy) is 2. The molecule has 0 radical (unpaired) electrons. The standard InChI is InChI=1S/C20H22N2O3S/c1-5-15(21-12-6-8-13(26-4)9-7-12)19-14-10-17(24-2)18(25-3)11-16(14)22-20(19)23/h6-11,21H,5H2,1-4H3,(H,22,23). The maximum atomic E-state index is 12.6. The molecule has 0 atom stereocenters. The fraction of sp³-hybridized carbons (Fsp3) is 0.250. The van der Waals surface area contributed by atoms with Gasteiger partial charge >= 0.3 is 0 Å². The Kier molecular flexibility index (Phi) is 5.42. The lowest BCUT2D eigenvalue weighted by Gasteiger charge is -2.14. The van der Waals surface area contributed by atoms with Gasteiger partial charge in [0, 0.05) is 27.9 Å². The van der Waals surface area contributed by atoms with Crippen molar-refractivity contribution in [2.75, 3.05) is 31.1 Å². The number of methoxy groups -OCH3 is 2.